The van der Waals surface area contributed by atoms with E-state index in [4.69, 9.17) is 9.47 Å². The van der Waals surface area contributed by atoms with E-state index in [-0.39, 0.29) is 33.8 Å². The number of hydrogen-bond acceptors (Lipinski definition) is 5. The maximum atomic E-state index is 12.9. The van der Waals surface area contributed by atoms with Gasteiger partial charge in [0.25, 0.3) is 15.9 Å². The van der Waals surface area contributed by atoms with E-state index in [1.54, 1.807) is 24.3 Å². The molecule has 0 bridgehead atoms. The summed E-state index contributed by atoms with van der Waals surface area (Å²) in [7, 11) is -1.08. The van der Waals surface area contributed by atoms with Gasteiger partial charge in [0.2, 0.25) is 0 Å². The highest BCUT2D eigenvalue weighted by Gasteiger charge is 2.21. The topological polar surface area (TPSA) is 93.7 Å². The minimum absolute atomic E-state index is 0.0157. The Morgan fingerprint density at radius 2 is 1.52 bits per heavy atom. The Labute approximate surface area is 182 Å². The second-order valence-corrected chi connectivity index (χ2v) is 8.46. The molecule has 3 aromatic carbocycles. The van der Waals surface area contributed by atoms with Gasteiger partial charge in [-0.15, -0.1) is 0 Å². The molecule has 1 unspecified atom stereocenters. The fraction of sp³-hybridized carbons (Fsp3) is 0.174. The third-order valence-electron chi connectivity index (χ3n) is 4.73. The molecule has 2 N–H and O–H groups in total. The minimum atomic E-state index is -3.97. The number of para-hydroxylation sites is 1. The smallest absolute Gasteiger partial charge is 0.262 e. The van der Waals surface area contributed by atoms with Crippen molar-refractivity contribution in [2.24, 2.45) is 0 Å². The number of nitrogens with one attached hydrogen (secondary N) is 2. The van der Waals surface area contributed by atoms with Crippen molar-refractivity contribution in [3.05, 3.63) is 83.9 Å². The molecule has 0 aromatic heterocycles. The number of ether oxygens (including phenoxy) is 2. The van der Waals surface area contributed by atoms with Crippen molar-refractivity contribution in [1.82, 2.24) is 5.32 Å². The Morgan fingerprint density at radius 3 is 2.19 bits per heavy atom. The number of carbonyl (C=O) groups excluding carboxylic acids is 1. The predicted octanol–water partition coefficient (Wildman–Crippen LogP) is 4.00. The summed E-state index contributed by atoms with van der Waals surface area (Å²) in [6, 6.07) is 20.0. The predicted molar refractivity (Wildman–Crippen MR) is 119 cm³/mol. The second-order valence-electron chi connectivity index (χ2n) is 6.77. The van der Waals surface area contributed by atoms with E-state index in [1.165, 1.54) is 32.4 Å². The van der Waals surface area contributed by atoms with Gasteiger partial charge in [-0.1, -0.05) is 42.5 Å². The van der Waals surface area contributed by atoms with Crippen molar-refractivity contribution in [1.29, 1.82) is 0 Å². The molecule has 0 radical (unpaired) electrons. The average Bonchev–Trinajstić information content (AvgIpc) is 2.79. The van der Waals surface area contributed by atoms with Crippen LogP contribution in [0.2, 0.25) is 0 Å². The highest BCUT2D eigenvalue weighted by atomic mass is 32.2. The lowest BCUT2D eigenvalue weighted by Gasteiger charge is -2.17. The van der Waals surface area contributed by atoms with Gasteiger partial charge in [-0.3, -0.25) is 9.52 Å². The first-order valence-corrected chi connectivity index (χ1v) is 11.0. The molecule has 162 valence electrons. The van der Waals surface area contributed by atoms with E-state index in [0.717, 1.165) is 5.56 Å². The van der Waals surface area contributed by atoms with Crippen LogP contribution >= 0.6 is 0 Å². The van der Waals surface area contributed by atoms with Crippen LogP contribution in [0.1, 0.15) is 28.9 Å². The van der Waals surface area contributed by atoms with Crippen LogP contribution in [0, 0.1) is 0 Å². The van der Waals surface area contributed by atoms with Gasteiger partial charge in [0, 0.05) is 6.07 Å². The molecule has 0 spiro atoms. The van der Waals surface area contributed by atoms with Crippen LogP contribution in [0.5, 0.6) is 11.5 Å². The standard InChI is InChI=1S/C23H24N2O5S/c1-16(17-9-5-4-6-10-17)24-23(26)19-11-7-8-12-20(19)25-31(27,28)18-13-14-21(29-2)22(15-18)30-3/h4-16,25H,1-3H3,(H,24,26). The lowest BCUT2D eigenvalue weighted by Crippen LogP contribution is -2.28. The van der Waals surface area contributed by atoms with E-state index >= 15 is 0 Å². The summed E-state index contributed by atoms with van der Waals surface area (Å²) >= 11 is 0. The summed E-state index contributed by atoms with van der Waals surface area (Å²) in [5, 5.41) is 2.90. The summed E-state index contributed by atoms with van der Waals surface area (Å²) in [6.07, 6.45) is 0. The zero-order valence-electron chi connectivity index (χ0n) is 17.5. The molecule has 31 heavy (non-hydrogen) atoms. The number of anilines is 1. The first kappa shape index (κ1) is 22.2. The van der Waals surface area contributed by atoms with Gasteiger partial charge in [0.1, 0.15) is 0 Å². The van der Waals surface area contributed by atoms with Crippen molar-refractivity contribution < 1.29 is 22.7 Å². The molecule has 0 aliphatic carbocycles. The first-order valence-electron chi connectivity index (χ1n) is 9.55. The van der Waals surface area contributed by atoms with Crippen LogP contribution in [0.3, 0.4) is 0 Å². The fourth-order valence-electron chi connectivity index (χ4n) is 3.06. The molecule has 0 heterocycles. The fourth-order valence-corrected chi connectivity index (χ4v) is 4.15. The van der Waals surface area contributed by atoms with E-state index in [2.05, 4.69) is 10.0 Å². The number of rotatable bonds is 8. The molecule has 0 aliphatic rings. The first-order chi connectivity index (χ1) is 14.9. The van der Waals surface area contributed by atoms with Crippen molar-refractivity contribution in [2.75, 3.05) is 18.9 Å². The third kappa shape index (κ3) is 5.16. The molecule has 1 atom stereocenters. The molecule has 3 rings (SSSR count). The summed E-state index contributed by atoms with van der Waals surface area (Å²) in [5.74, 6) is 0.311. The zero-order chi connectivity index (χ0) is 22.4. The molecule has 1 amide bonds. The molecule has 0 aliphatic heterocycles. The number of hydrogen-bond donors (Lipinski definition) is 2. The monoisotopic (exact) mass is 440 g/mol. The summed E-state index contributed by atoms with van der Waals surface area (Å²) in [6.45, 7) is 1.86. The van der Waals surface area contributed by atoms with Gasteiger partial charge in [-0.25, -0.2) is 8.42 Å². The summed E-state index contributed by atoms with van der Waals surface area (Å²) in [5.41, 5.74) is 1.34. The van der Waals surface area contributed by atoms with Crippen LogP contribution < -0.4 is 19.5 Å². The van der Waals surface area contributed by atoms with Crippen molar-refractivity contribution in [3.63, 3.8) is 0 Å². The Bertz CT molecular complexity index is 1160. The van der Waals surface area contributed by atoms with Crippen LogP contribution in [0.25, 0.3) is 0 Å². The SMILES string of the molecule is COc1ccc(S(=O)(=O)Nc2ccccc2C(=O)NC(C)c2ccccc2)cc1OC. The van der Waals surface area contributed by atoms with Gasteiger partial charge in [-0.2, -0.15) is 0 Å². The van der Waals surface area contributed by atoms with Crippen LogP contribution in [-0.4, -0.2) is 28.5 Å². The second kappa shape index (κ2) is 9.53. The van der Waals surface area contributed by atoms with Crippen molar-refractivity contribution in [3.8, 4) is 11.5 Å². The average molecular weight is 441 g/mol. The maximum absolute atomic E-state index is 12.9. The molecule has 0 saturated carbocycles. The number of benzene rings is 3. The maximum Gasteiger partial charge on any atom is 0.262 e. The van der Waals surface area contributed by atoms with Crippen molar-refractivity contribution >= 4 is 21.6 Å². The molecular weight excluding hydrogens is 416 g/mol. The molecule has 3 aromatic rings. The molecule has 7 nitrogen and oxygen atoms in total. The Morgan fingerprint density at radius 1 is 0.871 bits per heavy atom. The van der Waals surface area contributed by atoms with E-state index in [9.17, 15) is 13.2 Å². The molecule has 8 heteroatoms. The van der Waals surface area contributed by atoms with Crippen LogP contribution in [0.15, 0.2) is 77.7 Å². The van der Waals surface area contributed by atoms with Gasteiger partial charge in [-0.05, 0) is 36.8 Å². The quantitative estimate of drug-likeness (QED) is 0.552. The molecule has 0 saturated heterocycles. The summed E-state index contributed by atoms with van der Waals surface area (Å²) < 4.78 is 38.7. The highest BCUT2D eigenvalue weighted by Crippen LogP contribution is 2.30. The number of sulfonamides is 1. The lowest BCUT2D eigenvalue weighted by atomic mass is 10.1. The normalized spacial score (nSPS) is 12.0. The Kier molecular flexibility index (Phi) is 6.81. The van der Waals surface area contributed by atoms with Gasteiger partial charge < -0.3 is 14.8 Å². The molecule has 0 fully saturated rings. The van der Waals surface area contributed by atoms with Crippen LogP contribution in [-0.2, 0) is 10.0 Å². The van der Waals surface area contributed by atoms with E-state index < -0.39 is 10.0 Å². The largest absolute Gasteiger partial charge is 0.493 e. The van der Waals surface area contributed by atoms with Crippen molar-refractivity contribution in [2.45, 2.75) is 17.9 Å². The molecular formula is C23H24N2O5S. The Hall–Kier alpha value is -3.52. The van der Waals surface area contributed by atoms with Gasteiger partial charge in [0.05, 0.1) is 36.4 Å². The lowest BCUT2D eigenvalue weighted by molar-refractivity contribution is 0.0941. The van der Waals surface area contributed by atoms with E-state index in [0.29, 0.717) is 5.75 Å². The zero-order valence-corrected chi connectivity index (χ0v) is 18.3. The third-order valence-corrected chi connectivity index (χ3v) is 6.09. The number of methoxy groups -OCH3 is 2. The number of amides is 1. The Balaban J connectivity index is 1.85. The highest BCUT2D eigenvalue weighted by molar-refractivity contribution is 7.92. The van der Waals surface area contributed by atoms with E-state index in [1.807, 2.05) is 37.3 Å². The summed E-state index contributed by atoms with van der Waals surface area (Å²) in [4.78, 5) is 12.9. The van der Waals surface area contributed by atoms with Gasteiger partial charge >= 0.3 is 0 Å². The van der Waals surface area contributed by atoms with Gasteiger partial charge in [0.15, 0.2) is 11.5 Å². The van der Waals surface area contributed by atoms with Crippen LogP contribution in [0.4, 0.5) is 5.69 Å². The minimum Gasteiger partial charge on any atom is -0.493 e. The number of carbonyl (C=O) groups is 1.